The van der Waals surface area contributed by atoms with Crippen molar-refractivity contribution in [1.82, 2.24) is 0 Å². The van der Waals surface area contributed by atoms with Gasteiger partial charge in [-0.2, -0.15) is 0 Å². The number of methoxy groups -OCH3 is 1. The van der Waals surface area contributed by atoms with Crippen molar-refractivity contribution in [2.75, 3.05) is 13.9 Å². The Morgan fingerprint density at radius 3 is 2.50 bits per heavy atom. The molecule has 0 heterocycles. The van der Waals surface area contributed by atoms with Crippen molar-refractivity contribution >= 4 is 0 Å². The van der Waals surface area contributed by atoms with Crippen LogP contribution >= 0.6 is 0 Å². The second kappa shape index (κ2) is 6.95. The second-order valence-electron chi connectivity index (χ2n) is 11.7. The summed E-state index contributed by atoms with van der Waals surface area (Å²) in [5.74, 6) is 3.32. The van der Waals surface area contributed by atoms with E-state index in [1.165, 1.54) is 70.6 Å². The number of rotatable bonds is 3. The fourth-order valence-electron chi connectivity index (χ4n) is 9.66. The fraction of sp³-hybridized carbons (Fsp3) is 1.00. The van der Waals surface area contributed by atoms with Gasteiger partial charge in [-0.05, 0) is 111 Å². The Hall–Kier alpha value is -0.120. The van der Waals surface area contributed by atoms with E-state index in [2.05, 4.69) is 13.8 Å². The molecule has 0 saturated heterocycles. The molecule has 3 nitrogen and oxygen atoms in total. The summed E-state index contributed by atoms with van der Waals surface area (Å²) in [5.41, 5.74) is 1.39. The molecule has 9 atom stereocenters. The van der Waals surface area contributed by atoms with Crippen LogP contribution in [0.1, 0.15) is 90.9 Å². The van der Waals surface area contributed by atoms with Gasteiger partial charge in [0.2, 0.25) is 0 Å². The van der Waals surface area contributed by atoms with Crippen molar-refractivity contribution in [3.05, 3.63) is 0 Å². The topological polar surface area (TPSA) is 38.7 Å². The van der Waals surface area contributed by atoms with Crippen LogP contribution in [0.25, 0.3) is 0 Å². The number of hydrogen-bond acceptors (Lipinski definition) is 3. The van der Waals surface area contributed by atoms with E-state index in [1.807, 2.05) is 0 Å². The Kier molecular flexibility index (Phi) is 4.92. The number of hydrogen-bond donors (Lipinski definition) is 1. The predicted octanol–water partition coefficient (Wildman–Crippen LogP) is 5.55. The molecule has 0 amide bonds. The molecule has 5 aliphatic rings. The first kappa shape index (κ1) is 19.8. The molecule has 28 heavy (non-hydrogen) atoms. The van der Waals surface area contributed by atoms with E-state index in [4.69, 9.17) is 9.47 Å². The third kappa shape index (κ3) is 2.64. The number of aliphatic hydroxyl groups is 1. The van der Waals surface area contributed by atoms with E-state index in [-0.39, 0.29) is 6.10 Å². The number of fused-ring (bicyclic) bond motifs is 4. The Morgan fingerprint density at radius 2 is 1.68 bits per heavy atom. The molecule has 8 unspecified atom stereocenters. The first-order chi connectivity index (χ1) is 13.4. The van der Waals surface area contributed by atoms with Crippen LogP contribution in [0.2, 0.25) is 0 Å². The molecule has 0 aliphatic heterocycles. The predicted molar refractivity (Wildman–Crippen MR) is 111 cm³/mol. The molecular formula is C25H42O3. The Morgan fingerprint density at radius 1 is 0.857 bits per heavy atom. The highest BCUT2D eigenvalue weighted by Gasteiger charge is 2.65. The highest BCUT2D eigenvalue weighted by Crippen LogP contribution is 2.72. The van der Waals surface area contributed by atoms with Crippen molar-refractivity contribution in [2.24, 2.45) is 39.9 Å². The lowest BCUT2D eigenvalue weighted by molar-refractivity contribution is -0.195. The lowest BCUT2D eigenvalue weighted by atomic mass is 9.39. The molecule has 3 heteroatoms. The van der Waals surface area contributed by atoms with E-state index in [0.29, 0.717) is 35.1 Å². The molecular weight excluding hydrogens is 348 g/mol. The lowest BCUT2D eigenvalue weighted by Gasteiger charge is -2.66. The Bertz CT molecular complexity index is 592. The van der Waals surface area contributed by atoms with Crippen LogP contribution in [-0.2, 0) is 9.47 Å². The van der Waals surface area contributed by atoms with Crippen molar-refractivity contribution in [1.29, 1.82) is 0 Å². The van der Waals surface area contributed by atoms with Gasteiger partial charge in [-0.25, -0.2) is 0 Å². The maximum atomic E-state index is 10.8. The van der Waals surface area contributed by atoms with Gasteiger partial charge in [0, 0.05) is 7.11 Å². The smallest absolute Gasteiger partial charge is 0.146 e. The van der Waals surface area contributed by atoms with Gasteiger partial charge >= 0.3 is 0 Å². The summed E-state index contributed by atoms with van der Waals surface area (Å²) in [6, 6.07) is 0. The largest absolute Gasteiger partial charge is 0.393 e. The maximum Gasteiger partial charge on any atom is 0.146 e. The minimum atomic E-state index is -0.00637. The average Bonchev–Trinajstić information content (AvgIpc) is 3.08. The molecule has 160 valence electrons. The average molecular weight is 391 g/mol. The summed E-state index contributed by atoms with van der Waals surface area (Å²) in [6.45, 7) is 5.67. The summed E-state index contributed by atoms with van der Waals surface area (Å²) in [4.78, 5) is 0. The van der Waals surface area contributed by atoms with Crippen LogP contribution in [0, 0.1) is 39.9 Å². The number of ether oxygens (including phenoxy) is 2. The van der Waals surface area contributed by atoms with Gasteiger partial charge in [-0.1, -0.05) is 20.3 Å². The van der Waals surface area contributed by atoms with Crippen molar-refractivity contribution in [2.45, 2.75) is 103 Å². The van der Waals surface area contributed by atoms with Crippen molar-refractivity contribution < 1.29 is 14.6 Å². The zero-order valence-corrected chi connectivity index (χ0v) is 18.4. The van der Waals surface area contributed by atoms with Gasteiger partial charge in [0.25, 0.3) is 0 Å². The second-order valence-corrected chi connectivity index (χ2v) is 11.7. The normalized spacial score (nSPS) is 55.7. The Balaban J connectivity index is 1.39. The van der Waals surface area contributed by atoms with Crippen LogP contribution < -0.4 is 0 Å². The molecule has 5 fully saturated rings. The standard InChI is InChI=1S/C25H42O3/c1-23-12-9-18-19(24(23,2)13-8-17(15-23)28-16-27-3)10-14-25-11-4-5-22(26)21(25)7-6-20(18)25/h17-22,26H,4-16H2,1-3H3/t17-,18?,19?,20?,21?,22?,23?,24?,25?/m1/s1. The van der Waals surface area contributed by atoms with Gasteiger partial charge in [0.1, 0.15) is 6.79 Å². The Labute approximate surface area is 171 Å². The van der Waals surface area contributed by atoms with Gasteiger partial charge in [0.15, 0.2) is 0 Å². The SMILES string of the molecule is COCO[C@@H]1CCC2(C)C3CCC45CCCC(O)C4CCC5C3CCC2(C)C1. The van der Waals surface area contributed by atoms with Gasteiger partial charge in [-0.3, -0.25) is 0 Å². The third-order valence-corrected chi connectivity index (χ3v) is 11.1. The van der Waals surface area contributed by atoms with Crippen LogP contribution in [0.3, 0.4) is 0 Å². The molecule has 0 radical (unpaired) electrons. The zero-order valence-electron chi connectivity index (χ0n) is 18.4. The van der Waals surface area contributed by atoms with Gasteiger partial charge in [-0.15, -0.1) is 0 Å². The van der Waals surface area contributed by atoms with E-state index >= 15 is 0 Å². The molecule has 0 aromatic heterocycles. The molecule has 0 aromatic rings. The highest BCUT2D eigenvalue weighted by molar-refractivity contribution is 5.14. The molecule has 1 N–H and O–H groups in total. The molecule has 5 saturated carbocycles. The highest BCUT2D eigenvalue weighted by atomic mass is 16.7. The van der Waals surface area contributed by atoms with E-state index in [0.717, 1.165) is 24.2 Å². The van der Waals surface area contributed by atoms with Crippen LogP contribution in [0.4, 0.5) is 0 Å². The van der Waals surface area contributed by atoms with Crippen molar-refractivity contribution in [3.63, 3.8) is 0 Å². The minimum Gasteiger partial charge on any atom is -0.393 e. The van der Waals surface area contributed by atoms with Gasteiger partial charge in [0.05, 0.1) is 12.2 Å². The monoisotopic (exact) mass is 390 g/mol. The maximum absolute atomic E-state index is 10.8. The summed E-state index contributed by atoms with van der Waals surface area (Å²) >= 11 is 0. The third-order valence-electron chi connectivity index (χ3n) is 11.1. The van der Waals surface area contributed by atoms with E-state index in [1.54, 1.807) is 7.11 Å². The van der Waals surface area contributed by atoms with Gasteiger partial charge < -0.3 is 14.6 Å². The molecule has 5 rings (SSSR count). The quantitative estimate of drug-likeness (QED) is 0.642. The lowest BCUT2D eigenvalue weighted by Crippen LogP contribution is -2.59. The first-order valence-electron chi connectivity index (χ1n) is 12.2. The van der Waals surface area contributed by atoms with Crippen LogP contribution in [0.5, 0.6) is 0 Å². The molecule has 5 aliphatic carbocycles. The van der Waals surface area contributed by atoms with E-state index < -0.39 is 0 Å². The molecule has 0 bridgehead atoms. The van der Waals surface area contributed by atoms with E-state index in [9.17, 15) is 5.11 Å². The van der Waals surface area contributed by atoms with Crippen molar-refractivity contribution in [3.8, 4) is 0 Å². The summed E-state index contributed by atoms with van der Waals surface area (Å²) in [5, 5.41) is 10.8. The van der Waals surface area contributed by atoms with Crippen LogP contribution in [-0.4, -0.2) is 31.2 Å². The minimum absolute atomic E-state index is 0.00637. The summed E-state index contributed by atoms with van der Waals surface area (Å²) < 4.78 is 11.2. The first-order valence-corrected chi connectivity index (χ1v) is 12.2. The molecule has 0 aromatic carbocycles. The summed E-state index contributed by atoms with van der Waals surface area (Å²) in [7, 11) is 1.73. The summed E-state index contributed by atoms with van der Waals surface area (Å²) in [6.07, 6.45) is 16.2. The van der Waals surface area contributed by atoms with Crippen LogP contribution in [0.15, 0.2) is 0 Å². The molecule has 1 spiro atoms. The fourth-order valence-corrected chi connectivity index (χ4v) is 9.66. The zero-order chi connectivity index (χ0) is 19.6. The number of aliphatic hydroxyl groups excluding tert-OH is 1.